The summed E-state index contributed by atoms with van der Waals surface area (Å²) in [6.45, 7) is 0. The van der Waals surface area contributed by atoms with Gasteiger partial charge in [-0.2, -0.15) is 0 Å². The van der Waals surface area contributed by atoms with Gasteiger partial charge in [0.2, 0.25) is 0 Å². The summed E-state index contributed by atoms with van der Waals surface area (Å²) in [5.41, 5.74) is 1.49. The van der Waals surface area contributed by atoms with E-state index in [1.54, 1.807) is 0 Å². The molecule has 0 amide bonds. The first kappa shape index (κ1) is 17.1. The van der Waals surface area contributed by atoms with Gasteiger partial charge in [-0.25, -0.2) is 0 Å². The molecule has 0 saturated heterocycles. The Bertz CT molecular complexity index is 802. The maximum absolute atomic E-state index is 2.33. The molecule has 0 N–H and O–H groups in total. The van der Waals surface area contributed by atoms with E-state index in [9.17, 15) is 0 Å². The first-order valence-corrected chi connectivity index (χ1v) is 11.3. The van der Waals surface area contributed by atoms with Crippen LogP contribution in [0.15, 0.2) is 99.6 Å². The van der Waals surface area contributed by atoms with E-state index in [1.165, 1.54) is 32.4 Å². The molecule has 1 heterocycles. The highest BCUT2D eigenvalue weighted by Crippen LogP contribution is 2.50. The van der Waals surface area contributed by atoms with Crippen LogP contribution in [0.1, 0.15) is 17.2 Å². The summed E-state index contributed by atoms with van der Waals surface area (Å²) in [5, 5.41) is 1.04. The highest BCUT2D eigenvalue weighted by atomic mass is 32.2. The van der Waals surface area contributed by atoms with E-state index in [4.69, 9.17) is 0 Å². The Labute approximate surface area is 162 Å². The van der Waals surface area contributed by atoms with Crippen molar-refractivity contribution in [1.29, 1.82) is 0 Å². The zero-order chi connectivity index (χ0) is 16.9. The van der Waals surface area contributed by atoms with Crippen LogP contribution in [-0.4, -0.2) is 11.0 Å². The minimum Gasteiger partial charge on any atom is -0.126 e. The molecule has 3 heteroatoms. The second-order valence-electron chi connectivity index (χ2n) is 6.00. The van der Waals surface area contributed by atoms with Gasteiger partial charge in [-0.15, -0.1) is 35.3 Å². The lowest BCUT2D eigenvalue weighted by Crippen LogP contribution is -2.12. The largest absolute Gasteiger partial charge is 0.126 e. The summed E-state index contributed by atoms with van der Waals surface area (Å²) in [7, 11) is 0. The van der Waals surface area contributed by atoms with Crippen LogP contribution in [0, 0.1) is 0 Å². The Kier molecular flexibility index (Phi) is 5.75. The molecule has 3 aromatic rings. The van der Waals surface area contributed by atoms with E-state index in [2.05, 4.69) is 84.9 Å². The number of hydrogen-bond acceptors (Lipinski definition) is 3. The SMILES string of the molecule is c1ccc(SC2CCSc3ccccc3C2Sc2ccccc2)cc1. The fraction of sp³-hybridized carbons (Fsp3) is 0.182. The molecule has 0 spiro atoms. The predicted octanol–water partition coefficient (Wildman–Crippen LogP) is 7.18. The zero-order valence-electron chi connectivity index (χ0n) is 13.9. The Morgan fingerprint density at radius 3 is 2.00 bits per heavy atom. The molecule has 0 saturated carbocycles. The van der Waals surface area contributed by atoms with Crippen molar-refractivity contribution in [3.63, 3.8) is 0 Å². The first-order chi connectivity index (χ1) is 12.4. The summed E-state index contributed by atoms with van der Waals surface area (Å²) in [6, 6.07) is 30.6. The molecule has 0 aromatic heterocycles. The molecule has 126 valence electrons. The molecule has 3 aromatic carbocycles. The van der Waals surface area contributed by atoms with Crippen molar-refractivity contribution >= 4 is 35.3 Å². The van der Waals surface area contributed by atoms with E-state index in [0.717, 1.165) is 0 Å². The van der Waals surface area contributed by atoms with Gasteiger partial charge >= 0.3 is 0 Å². The molecule has 0 nitrogen and oxygen atoms in total. The summed E-state index contributed by atoms with van der Waals surface area (Å²) in [4.78, 5) is 4.18. The van der Waals surface area contributed by atoms with E-state index in [0.29, 0.717) is 10.5 Å². The lowest BCUT2D eigenvalue weighted by molar-refractivity contribution is 0.806. The lowest BCUT2D eigenvalue weighted by atomic mass is 10.1. The van der Waals surface area contributed by atoms with Crippen LogP contribution in [0.4, 0.5) is 0 Å². The average molecular weight is 381 g/mol. The number of thioether (sulfide) groups is 3. The van der Waals surface area contributed by atoms with Crippen LogP contribution in [0.25, 0.3) is 0 Å². The number of fused-ring (bicyclic) bond motifs is 1. The van der Waals surface area contributed by atoms with Crippen LogP contribution >= 0.6 is 35.3 Å². The van der Waals surface area contributed by atoms with Crippen molar-refractivity contribution in [2.75, 3.05) is 5.75 Å². The maximum Gasteiger partial charge on any atom is 0.0478 e. The van der Waals surface area contributed by atoms with Gasteiger partial charge < -0.3 is 0 Å². The van der Waals surface area contributed by atoms with Crippen LogP contribution in [0.5, 0.6) is 0 Å². The van der Waals surface area contributed by atoms with Gasteiger partial charge in [0.05, 0.1) is 0 Å². The van der Waals surface area contributed by atoms with Crippen molar-refractivity contribution in [2.24, 2.45) is 0 Å². The summed E-state index contributed by atoms with van der Waals surface area (Å²) >= 11 is 6.06. The van der Waals surface area contributed by atoms with Gasteiger partial charge in [0.15, 0.2) is 0 Å². The highest BCUT2D eigenvalue weighted by Gasteiger charge is 2.29. The molecular weight excluding hydrogens is 360 g/mol. The predicted molar refractivity (Wildman–Crippen MR) is 113 cm³/mol. The fourth-order valence-corrected chi connectivity index (χ4v) is 7.15. The molecule has 0 fully saturated rings. The van der Waals surface area contributed by atoms with Crippen LogP contribution in [-0.2, 0) is 0 Å². The fourth-order valence-electron chi connectivity index (χ4n) is 3.06. The van der Waals surface area contributed by atoms with E-state index in [-0.39, 0.29) is 0 Å². The van der Waals surface area contributed by atoms with Gasteiger partial charge in [-0.3, -0.25) is 0 Å². The second-order valence-corrected chi connectivity index (χ2v) is 9.66. The smallest absolute Gasteiger partial charge is 0.0478 e. The van der Waals surface area contributed by atoms with Crippen molar-refractivity contribution in [3.05, 3.63) is 90.5 Å². The topological polar surface area (TPSA) is 0 Å². The van der Waals surface area contributed by atoms with Gasteiger partial charge in [-0.05, 0) is 48.1 Å². The third-order valence-corrected chi connectivity index (χ3v) is 8.29. The standard InChI is InChI=1S/C22H20S3/c1-3-9-17(10-4-1)24-21-15-16-23-20-14-8-7-13-19(20)22(21)25-18-11-5-2-6-12-18/h1-14,21-22H,15-16H2. The number of rotatable bonds is 4. The Morgan fingerprint density at radius 2 is 1.28 bits per heavy atom. The minimum atomic E-state index is 0.471. The van der Waals surface area contributed by atoms with Gasteiger partial charge in [0.1, 0.15) is 0 Å². The molecular formula is C22H20S3. The maximum atomic E-state index is 2.33. The third-order valence-electron chi connectivity index (χ3n) is 4.26. The molecule has 1 aliphatic rings. The Hall–Kier alpha value is -1.29. The average Bonchev–Trinajstić information content (AvgIpc) is 2.83. The van der Waals surface area contributed by atoms with Gasteiger partial charge in [0.25, 0.3) is 0 Å². The summed E-state index contributed by atoms with van der Waals surface area (Å²) in [6.07, 6.45) is 1.23. The van der Waals surface area contributed by atoms with Crippen molar-refractivity contribution in [3.8, 4) is 0 Å². The zero-order valence-corrected chi connectivity index (χ0v) is 16.3. The Balaban J connectivity index is 1.68. The molecule has 0 aliphatic carbocycles. The Morgan fingerprint density at radius 1 is 0.680 bits per heavy atom. The molecule has 25 heavy (non-hydrogen) atoms. The quantitative estimate of drug-likeness (QED) is 0.470. The summed E-state index contributed by atoms with van der Waals surface area (Å²) in [5.74, 6) is 1.19. The van der Waals surface area contributed by atoms with E-state index in [1.807, 2.05) is 35.3 Å². The van der Waals surface area contributed by atoms with Crippen LogP contribution in [0.3, 0.4) is 0 Å². The minimum absolute atomic E-state index is 0.471. The first-order valence-electron chi connectivity index (χ1n) is 8.55. The van der Waals surface area contributed by atoms with Crippen LogP contribution < -0.4 is 0 Å². The van der Waals surface area contributed by atoms with Crippen LogP contribution in [0.2, 0.25) is 0 Å². The molecule has 0 radical (unpaired) electrons. The number of benzene rings is 3. The van der Waals surface area contributed by atoms with E-state index >= 15 is 0 Å². The van der Waals surface area contributed by atoms with Gasteiger partial charge in [0, 0.05) is 25.2 Å². The van der Waals surface area contributed by atoms with Crippen molar-refractivity contribution in [1.82, 2.24) is 0 Å². The highest BCUT2D eigenvalue weighted by molar-refractivity contribution is 8.04. The van der Waals surface area contributed by atoms with Gasteiger partial charge in [-0.1, -0.05) is 54.6 Å². The number of hydrogen-bond donors (Lipinski definition) is 0. The lowest BCUT2D eigenvalue weighted by Gasteiger charge is -2.25. The molecule has 1 aliphatic heterocycles. The molecule has 2 atom stereocenters. The van der Waals surface area contributed by atoms with Crippen molar-refractivity contribution < 1.29 is 0 Å². The van der Waals surface area contributed by atoms with E-state index < -0.39 is 0 Å². The molecule has 2 unspecified atom stereocenters. The molecule has 0 bridgehead atoms. The second kappa shape index (κ2) is 8.39. The summed E-state index contributed by atoms with van der Waals surface area (Å²) < 4.78 is 0. The third kappa shape index (κ3) is 4.28. The monoisotopic (exact) mass is 380 g/mol. The van der Waals surface area contributed by atoms with Crippen molar-refractivity contribution in [2.45, 2.75) is 31.6 Å². The normalized spacial score (nSPS) is 19.8. The molecule has 4 rings (SSSR count).